The Bertz CT molecular complexity index is 928. The molecule has 0 amide bonds. The zero-order chi connectivity index (χ0) is 20.1. The van der Waals surface area contributed by atoms with Gasteiger partial charge < -0.3 is 4.74 Å². The van der Waals surface area contributed by atoms with Crippen LogP contribution < -0.4 is 4.74 Å². The summed E-state index contributed by atoms with van der Waals surface area (Å²) in [5, 5.41) is 12.4. The highest BCUT2D eigenvalue weighted by Gasteiger charge is 2.15. The van der Waals surface area contributed by atoms with Crippen molar-refractivity contribution < 1.29 is 9.53 Å². The topological polar surface area (TPSA) is 69.9 Å². The SMILES string of the molecule is COc1ccc(Cn2nnnc2SCC(=O)c2ccc(C(C)(C)C)cc2)cc1. The Kier molecular flexibility index (Phi) is 6.14. The number of ether oxygens (including phenoxy) is 1. The molecule has 0 saturated heterocycles. The lowest BCUT2D eigenvalue weighted by atomic mass is 9.86. The number of thioether (sulfide) groups is 1. The van der Waals surface area contributed by atoms with Crippen molar-refractivity contribution in [3.8, 4) is 5.75 Å². The van der Waals surface area contributed by atoms with E-state index < -0.39 is 0 Å². The normalized spacial score (nSPS) is 11.4. The first-order chi connectivity index (χ1) is 13.4. The number of Topliss-reactive ketones (excluding diaryl/α,β-unsaturated/α-hetero) is 1. The van der Waals surface area contributed by atoms with Gasteiger partial charge in [-0.3, -0.25) is 4.79 Å². The maximum absolute atomic E-state index is 12.5. The van der Waals surface area contributed by atoms with Crippen LogP contribution in [0.3, 0.4) is 0 Å². The van der Waals surface area contributed by atoms with Gasteiger partial charge in [-0.05, 0) is 39.1 Å². The molecule has 0 spiro atoms. The molecule has 0 unspecified atom stereocenters. The van der Waals surface area contributed by atoms with E-state index in [-0.39, 0.29) is 17.0 Å². The van der Waals surface area contributed by atoms with Crippen molar-refractivity contribution in [1.29, 1.82) is 0 Å². The van der Waals surface area contributed by atoms with Gasteiger partial charge in [-0.25, -0.2) is 4.68 Å². The summed E-state index contributed by atoms with van der Waals surface area (Å²) in [6, 6.07) is 15.6. The quantitative estimate of drug-likeness (QED) is 0.444. The number of tetrazole rings is 1. The molecule has 0 atom stereocenters. The molecular formula is C21H24N4O2S. The van der Waals surface area contributed by atoms with Crippen molar-refractivity contribution >= 4 is 17.5 Å². The van der Waals surface area contributed by atoms with Gasteiger partial charge in [-0.1, -0.05) is 68.9 Å². The van der Waals surface area contributed by atoms with Crippen LogP contribution in [0.2, 0.25) is 0 Å². The molecule has 7 heteroatoms. The fourth-order valence-corrected chi connectivity index (χ4v) is 3.44. The minimum Gasteiger partial charge on any atom is -0.497 e. The average Bonchev–Trinajstić information content (AvgIpc) is 3.13. The number of benzene rings is 2. The highest BCUT2D eigenvalue weighted by molar-refractivity contribution is 7.99. The molecule has 3 aromatic rings. The first-order valence-electron chi connectivity index (χ1n) is 9.02. The van der Waals surface area contributed by atoms with Crippen LogP contribution >= 0.6 is 11.8 Å². The first kappa shape index (κ1) is 20.1. The number of carbonyl (C=O) groups is 1. The fraction of sp³-hybridized carbons (Fsp3) is 0.333. The Morgan fingerprint density at radius 2 is 1.75 bits per heavy atom. The van der Waals surface area contributed by atoms with Crippen LogP contribution in [0.4, 0.5) is 0 Å². The molecule has 0 aliphatic rings. The summed E-state index contributed by atoms with van der Waals surface area (Å²) in [6.45, 7) is 7.00. The van der Waals surface area contributed by atoms with E-state index in [0.717, 1.165) is 11.3 Å². The van der Waals surface area contributed by atoms with E-state index in [0.29, 0.717) is 17.3 Å². The van der Waals surface area contributed by atoms with E-state index in [9.17, 15) is 4.79 Å². The van der Waals surface area contributed by atoms with E-state index >= 15 is 0 Å². The predicted molar refractivity (Wildman–Crippen MR) is 110 cm³/mol. The third kappa shape index (κ3) is 4.98. The molecule has 0 fully saturated rings. The molecule has 1 aromatic heterocycles. The molecule has 3 rings (SSSR count). The summed E-state index contributed by atoms with van der Waals surface area (Å²) >= 11 is 1.35. The number of ketones is 1. The Morgan fingerprint density at radius 3 is 2.36 bits per heavy atom. The van der Waals surface area contributed by atoms with Gasteiger partial charge in [0.1, 0.15) is 5.75 Å². The molecule has 0 radical (unpaired) electrons. The predicted octanol–water partition coefficient (Wildman–Crippen LogP) is 4.00. The minimum absolute atomic E-state index is 0.0597. The van der Waals surface area contributed by atoms with Crippen LogP contribution in [0.15, 0.2) is 53.7 Å². The molecule has 1 heterocycles. The van der Waals surface area contributed by atoms with Gasteiger partial charge in [0.05, 0.1) is 19.4 Å². The van der Waals surface area contributed by atoms with E-state index in [4.69, 9.17) is 4.74 Å². The zero-order valence-corrected chi connectivity index (χ0v) is 17.4. The molecule has 146 valence electrons. The summed E-state index contributed by atoms with van der Waals surface area (Å²) in [5.74, 6) is 1.15. The zero-order valence-electron chi connectivity index (χ0n) is 16.5. The number of carbonyl (C=O) groups excluding carboxylic acids is 1. The van der Waals surface area contributed by atoms with Crippen LogP contribution in [0.5, 0.6) is 5.75 Å². The van der Waals surface area contributed by atoms with Crippen molar-refractivity contribution in [3.63, 3.8) is 0 Å². The monoisotopic (exact) mass is 396 g/mol. The lowest BCUT2D eigenvalue weighted by molar-refractivity contribution is 0.102. The number of hydrogen-bond donors (Lipinski definition) is 0. The van der Waals surface area contributed by atoms with Crippen LogP contribution in [0.25, 0.3) is 0 Å². The highest BCUT2D eigenvalue weighted by atomic mass is 32.2. The van der Waals surface area contributed by atoms with Crippen molar-refractivity contribution in [2.24, 2.45) is 0 Å². The molecule has 2 aromatic carbocycles. The van der Waals surface area contributed by atoms with Gasteiger partial charge in [-0.15, -0.1) is 5.10 Å². The molecule has 0 aliphatic carbocycles. The largest absolute Gasteiger partial charge is 0.497 e. The Morgan fingerprint density at radius 1 is 1.07 bits per heavy atom. The van der Waals surface area contributed by atoms with Crippen molar-refractivity contribution in [3.05, 3.63) is 65.2 Å². The first-order valence-corrected chi connectivity index (χ1v) is 10.0. The van der Waals surface area contributed by atoms with Crippen LogP contribution in [-0.2, 0) is 12.0 Å². The smallest absolute Gasteiger partial charge is 0.210 e. The Hall–Kier alpha value is -2.67. The van der Waals surface area contributed by atoms with E-state index in [1.165, 1.54) is 17.3 Å². The molecule has 28 heavy (non-hydrogen) atoms. The molecule has 6 nitrogen and oxygen atoms in total. The fourth-order valence-electron chi connectivity index (χ4n) is 2.67. The van der Waals surface area contributed by atoms with Gasteiger partial charge in [0.2, 0.25) is 5.16 Å². The summed E-state index contributed by atoms with van der Waals surface area (Å²) in [6.07, 6.45) is 0. The molecular weight excluding hydrogens is 372 g/mol. The van der Waals surface area contributed by atoms with Crippen LogP contribution in [-0.4, -0.2) is 38.9 Å². The third-order valence-corrected chi connectivity index (χ3v) is 5.35. The second-order valence-electron chi connectivity index (χ2n) is 7.51. The lowest BCUT2D eigenvalue weighted by Crippen LogP contribution is -2.12. The second kappa shape index (κ2) is 8.56. The highest BCUT2D eigenvalue weighted by Crippen LogP contribution is 2.23. The third-order valence-electron chi connectivity index (χ3n) is 4.40. The average molecular weight is 397 g/mol. The number of hydrogen-bond acceptors (Lipinski definition) is 6. The van der Waals surface area contributed by atoms with E-state index in [1.807, 2.05) is 48.5 Å². The van der Waals surface area contributed by atoms with Crippen molar-refractivity contribution in [1.82, 2.24) is 20.2 Å². The summed E-state index contributed by atoms with van der Waals surface area (Å²) in [4.78, 5) is 12.5. The Balaban J connectivity index is 1.62. The van der Waals surface area contributed by atoms with Crippen LogP contribution in [0.1, 0.15) is 42.3 Å². The molecule has 0 bridgehead atoms. The molecule has 0 saturated carbocycles. The lowest BCUT2D eigenvalue weighted by Gasteiger charge is -2.18. The van der Waals surface area contributed by atoms with E-state index in [1.54, 1.807) is 11.8 Å². The van der Waals surface area contributed by atoms with Crippen LogP contribution in [0, 0.1) is 0 Å². The minimum atomic E-state index is 0.0597. The number of aromatic nitrogens is 4. The number of nitrogens with zero attached hydrogens (tertiary/aromatic N) is 4. The van der Waals surface area contributed by atoms with Gasteiger partial charge in [-0.2, -0.15) is 0 Å². The number of rotatable bonds is 7. The maximum Gasteiger partial charge on any atom is 0.210 e. The standard InChI is InChI=1S/C21H24N4O2S/c1-21(2,3)17-9-7-16(8-10-17)19(26)14-28-20-22-23-24-25(20)13-15-5-11-18(27-4)12-6-15/h5-12H,13-14H2,1-4H3. The Labute approximate surface area is 169 Å². The second-order valence-corrected chi connectivity index (χ2v) is 8.45. The van der Waals surface area contributed by atoms with Crippen molar-refractivity contribution in [2.75, 3.05) is 12.9 Å². The van der Waals surface area contributed by atoms with Gasteiger partial charge in [0.15, 0.2) is 5.78 Å². The maximum atomic E-state index is 12.5. The molecule has 0 N–H and O–H groups in total. The summed E-state index contributed by atoms with van der Waals surface area (Å²) in [5.41, 5.74) is 3.04. The summed E-state index contributed by atoms with van der Waals surface area (Å²) < 4.78 is 6.87. The van der Waals surface area contributed by atoms with E-state index in [2.05, 4.69) is 36.3 Å². The summed E-state index contributed by atoms with van der Waals surface area (Å²) in [7, 11) is 1.64. The van der Waals surface area contributed by atoms with Gasteiger partial charge >= 0.3 is 0 Å². The van der Waals surface area contributed by atoms with Gasteiger partial charge in [0.25, 0.3) is 0 Å². The van der Waals surface area contributed by atoms with Gasteiger partial charge in [0, 0.05) is 5.56 Å². The molecule has 0 aliphatic heterocycles. The number of methoxy groups -OCH3 is 1. The van der Waals surface area contributed by atoms with Crippen molar-refractivity contribution in [2.45, 2.75) is 37.9 Å².